The lowest BCUT2D eigenvalue weighted by Gasteiger charge is -2.49. The molecule has 53 heavy (non-hydrogen) atoms. The molecule has 276 valence electrons. The number of fused-ring (bicyclic) bond motifs is 2. The van der Waals surface area contributed by atoms with Gasteiger partial charge >= 0.3 is 18.2 Å². The number of likely N-dealkylation sites (tertiary alicyclic amines) is 1. The summed E-state index contributed by atoms with van der Waals surface area (Å²) in [6.07, 6.45) is 1.31. The van der Waals surface area contributed by atoms with Crippen LogP contribution in [-0.2, 0) is 24.1 Å². The number of ether oxygens (including phenoxy) is 2. The molecule has 7 rings (SSSR count). The zero-order valence-corrected chi connectivity index (χ0v) is 30.7. The van der Waals surface area contributed by atoms with E-state index in [0.717, 1.165) is 47.3 Å². The highest BCUT2D eigenvalue weighted by atomic mass is 16.6. The number of carbonyl (C=O) groups excluding carboxylic acids is 1. The maximum absolute atomic E-state index is 13.1. The highest BCUT2D eigenvalue weighted by Crippen LogP contribution is 2.37. The Kier molecular flexibility index (Phi) is 10.0. The van der Waals surface area contributed by atoms with Gasteiger partial charge < -0.3 is 29.3 Å². The third-order valence-corrected chi connectivity index (χ3v) is 10.5. The van der Waals surface area contributed by atoms with Crippen molar-refractivity contribution >= 4 is 34.5 Å². The molecular weight excluding hydrogens is 670 g/mol. The monoisotopic (exact) mass is 717 g/mol. The van der Waals surface area contributed by atoms with E-state index >= 15 is 0 Å². The molecule has 3 aromatic carbocycles. The van der Waals surface area contributed by atoms with Crippen LogP contribution in [0.3, 0.4) is 0 Å². The molecule has 12 nitrogen and oxygen atoms in total. The Morgan fingerprint density at radius 1 is 0.962 bits per heavy atom. The van der Waals surface area contributed by atoms with Crippen molar-refractivity contribution in [2.75, 3.05) is 49.1 Å². The number of nitrogens with zero attached hydrogens (tertiary/aromatic N) is 7. The number of carboxylic acid groups (broad SMARTS) is 1. The Morgan fingerprint density at radius 2 is 1.74 bits per heavy atom. The second-order valence-corrected chi connectivity index (χ2v) is 15.3. The smallest absolute Gasteiger partial charge is 0.410 e. The number of piperazine rings is 1. The summed E-state index contributed by atoms with van der Waals surface area (Å²) in [5, 5.41) is 22.8. The molecule has 4 aromatic rings. The van der Waals surface area contributed by atoms with Crippen molar-refractivity contribution in [2.24, 2.45) is 0 Å². The van der Waals surface area contributed by atoms with Crippen molar-refractivity contribution in [3.63, 3.8) is 0 Å². The van der Waals surface area contributed by atoms with E-state index in [1.54, 1.807) is 4.90 Å². The molecule has 0 radical (unpaired) electrons. The van der Waals surface area contributed by atoms with E-state index in [4.69, 9.17) is 19.4 Å². The van der Waals surface area contributed by atoms with Crippen molar-refractivity contribution in [1.82, 2.24) is 19.8 Å². The van der Waals surface area contributed by atoms with Crippen LogP contribution >= 0.6 is 0 Å². The molecule has 1 aromatic heterocycles. The Labute approximate surface area is 310 Å². The van der Waals surface area contributed by atoms with Crippen LogP contribution in [0.4, 0.5) is 21.1 Å². The van der Waals surface area contributed by atoms with Gasteiger partial charge in [-0.3, -0.25) is 4.90 Å². The summed E-state index contributed by atoms with van der Waals surface area (Å²) in [6, 6.07) is 26.8. The largest absolute Gasteiger partial charge is 0.465 e. The van der Waals surface area contributed by atoms with Gasteiger partial charge in [0.05, 0.1) is 36.3 Å². The summed E-state index contributed by atoms with van der Waals surface area (Å²) >= 11 is 0. The van der Waals surface area contributed by atoms with Gasteiger partial charge in [0.1, 0.15) is 18.0 Å². The van der Waals surface area contributed by atoms with E-state index in [9.17, 15) is 20.0 Å². The van der Waals surface area contributed by atoms with Crippen molar-refractivity contribution in [1.29, 1.82) is 5.26 Å². The van der Waals surface area contributed by atoms with Gasteiger partial charge in [0, 0.05) is 49.4 Å². The number of benzene rings is 3. The molecule has 3 aliphatic heterocycles. The first-order valence-electron chi connectivity index (χ1n) is 18.4. The molecule has 3 aliphatic rings. The van der Waals surface area contributed by atoms with Gasteiger partial charge in [-0.2, -0.15) is 15.2 Å². The van der Waals surface area contributed by atoms with Crippen molar-refractivity contribution in [3.8, 4) is 12.1 Å². The molecule has 0 aliphatic carbocycles. The van der Waals surface area contributed by atoms with Crippen LogP contribution in [0.15, 0.2) is 72.8 Å². The van der Waals surface area contributed by atoms with Gasteiger partial charge in [-0.1, -0.05) is 66.7 Å². The van der Waals surface area contributed by atoms with Crippen molar-refractivity contribution in [2.45, 2.75) is 76.6 Å². The summed E-state index contributed by atoms with van der Waals surface area (Å²) in [7, 11) is 0. The number of aromatic nitrogens is 2. The summed E-state index contributed by atoms with van der Waals surface area (Å²) in [5.74, 6) is 0.707. The third-order valence-electron chi connectivity index (χ3n) is 10.5. The van der Waals surface area contributed by atoms with Gasteiger partial charge in [-0.15, -0.1) is 0 Å². The highest BCUT2D eigenvalue weighted by Gasteiger charge is 2.46. The second kappa shape index (κ2) is 14.8. The zero-order chi connectivity index (χ0) is 37.2. The molecule has 4 heterocycles. The number of carbonyl (C=O) groups is 2. The molecule has 2 fully saturated rings. The number of hydrogen-bond acceptors (Lipinski definition) is 9. The topological polar surface area (TPSA) is 135 Å². The van der Waals surface area contributed by atoms with Crippen LogP contribution in [0.5, 0.6) is 6.01 Å². The van der Waals surface area contributed by atoms with Crippen LogP contribution < -0.4 is 14.5 Å². The minimum Gasteiger partial charge on any atom is -0.465 e. The minimum atomic E-state index is -1.04. The maximum Gasteiger partial charge on any atom is 0.410 e. The van der Waals surface area contributed by atoms with Gasteiger partial charge in [-0.25, -0.2) is 9.59 Å². The highest BCUT2D eigenvalue weighted by molar-refractivity contribution is 5.94. The van der Waals surface area contributed by atoms with Crippen LogP contribution in [-0.4, -0.2) is 93.6 Å². The SMILES string of the molecule is CC(C)(C)OC(=O)N1CCC[C@H]1COc1nc2c(c(N3CCN(C(=O)O)C(CC#N)(Cc4ccccc4)C3)n1)CCN(c1cccc3ccccc13)C2. The Balaban J connectivity index is 1.24. The standard InChI is InChI=1S/C41H47N7O5/c1-40(2,3)53-39(51)47-21-10-15-31(47)27-52-37-43-34-26-45(35-17-9-14-30-13-7-8-16-32(30)35)22-18-33(34)36(44-37)46-23-24-48(38(49)50)41(28-46,19-20-42)25-29-11-5-4-6-12-29/h4-9,11-14,16-17,31H,10,15,18-19,21-28H2,1-3H3,(H,49,50)/t31-,41?/m0/s1. The van der Waals surface area contributed by atoms with E-state index in [1.807, 2.05) is 57.2 Å². The average Bonchev–Trinajstić information content (AvgIpc) is 3.62. The quantitative estimate of drug-likeness (QED) is 0.211. The molecule has 2 saturated heterocycles. The van der Waals surface area contributed by atoms with E-state index < -0.39 is 17.2 Å². The first kappa shape index (κ1) is 35.8. The van der Waals surface area contributed by atoms with Crippen molar-refractivity contribution in [3.05, 3.63) is 89.6 Å². The fraction of sp³-hybridized carbons (Fsp3) is 0.439. The van der Waals surface area contributed by atoms with E-state index in [-0.39, 0.29) is 44.3 Å². The van der Waals surface area contributed by atoms with Gasteiger partial charge in [0.2, 0.25) is 0 Å². The summed E-state index contributed by atoms with van der Waals surface area (Å²) in [5.41, 5.74) is 2.32. The molecule has 1 unspecified atom stereocenters. The Hall–Kier alpha value is -5.57. The summed E-state index contributed by atoms with van der Waals surface area (Å²) < 4.78 is 12.1. The fourth-order valence-electron chi connectivity index (χ4n) is 8.09. The number of hydrogen-bond donors (Lipinski definition) is 1. The lowest BCUT2D eigenvalue weighted by molar-refractivity contribution is 0.0183. The number of anilines is 2. The van der Waals surface area contributed by atoms with Crippen molar-refractivity contribution < 1.29 is 24.2 Å². The van der Waals surface area contributed by atoms with Crippen LogP contribution in [0, 0.1) is 11.3 Å². The zero-order valence-electron chi connectivity index (χ0n) is 30.7. The van der Waals surface area contributed by atoms with E-state index in [1.165, 1.54) is 10.3 Å². The first-order chi connectivity index (χ1) is 25.5. The third kappa shape index (κ3) is 7.65. The molecule has 1 N–H and O–H groups in total. The predicted molar refractivity (Wildman–Crippen MR) is 202 cm³/mol. The average molecular weight is 718 g/mol. The van der Waals surface area contributed by atoms with Gasteiger partial charge in [0.15, 0.2) is 0 Å². The fourth-order valence-corrected chi connectivity index (χ4v) is 8.09. The molecule has 12 heteroatoms. The van der Waals surface area contributed by atoms with E-state index in [2.05, 4.69) is 52.3 Å². The minimum absolute atomic E-state index is 0.0262. The Morgan fingerprint density at radius 3 is 2.51 bits per heavy atom. The van der Waals surface area contributed by atoms with Crippen LogP contribution in [0.1, 0.15) is 56.9 Å². The molecule has 0 spiro atoms. The Bertz CT molecular complexity index is 2010. The number of amides is 2. The molecule has 0 bridgehead atoms. The normalized spacial score (nSPS) is 20.2. The maximum atomic E-state index is 13.1. The predicted octanol–water partition coefficient (Wildman–Crippen LogP) is 6.67. The number of rotatable bonds is 8. The lowest BCUT2D eigenvalue weighted by Crippen LogP contribution is -2.65. The first-order valence-corrected chi connectivity index (χ1v) is 18.4. The summed E-state index contributed by atoms with van der Waals surface area (Å²) in [4.78, 5) is 43.4. The molecule has 2 atom stereocenters. The number of nitriles is 1. The van der Waals surface area contributed by atoms with E-state index in [0.29, 0.717) is 38.3 Å². The molecule has 2 amide bonds. The molecular formula is C41H47N7O5. The second-order valence-electron chi connectivity index (χ2n) is 15.3. The summed E-state index contributed by atoms with van der Waals surface area (Å²) in [6.45, 7) is 8.56. The van der Waals surface area contributed by atoms with Gasteiger partial charge in [0.25, 0.3) is 0 Å². The van der Waals surface area contributed by atoms with Gasteiger partial charge in [-0.05, 0) is 63.5 Å². The lowest BCUT2D eigenvalue weighted by atomic mass is 9.83. The van der Waals surface area contributed by atoms with Crippen LogP contribution in [0.25, 0.3) is 10.8 Å². The molecule has 0 saturated carbocycles. The van der Waals surface area contributed by atoms with Crippen LogP contribution in [0.2, 0.25) is 0 Å².